The van der Waals surface area contributed by atoms with Crippen molar-refractivity contribution in [2.24, 2.45) is 4.99 Å². The first kappa shape index (κ1) is 28.2. The monoisotopic (exact) mass is 641 g/mol. The lowest BCUT2D eigenvalue weighted by molar-refractivity contribution is -0.121. The van der Waals surface area contributed by atoms with Crippen molar-refractivity contribution < 1.29 is 19.1 Å². The van der Waals surface area contributed by atoms with Gasteiger partial charge in [-0.25, -0.2) is 4.99 Å². The standard InChI is InChI=1S/C33H28BrN3O4S/c1-36-32(39)30(42-33(36)35-26-7-4-6-24(19-26)31(38)37-15-17-40-18-16-37)20-28-27-8-3-2-5-23(27)11-14-29(28)41-21-22-9-12-25(34)13-10-22/h2-14,19-20H,15-18,21H2,1H3/b30-20+,35-33?. The topological polar surface area (TPSA) is 71.4 Å². The van der Waals surface area contributed by atoms with Gasteiger partial charge in [0.25, 0.3) is 11.8 Å². The minimum atomic E-state index is -0.147. The second-order valence-corrected chi connectivity index (χ2v) is 11.9. The quantitative estimate of drug-likeness (QED) is 0.215. The predicted molar refractivity (Wildman–Crippen MR) is 171 cm³/mol. The fraction of sp³-hybridized carbons (Fsp3) is 0.182. The average Bonchev–Trinajstić information content (AvgIpc) is 3.29. The van der Waals surface area contributed by atoms with Gasteiger partial charge in [-0.1, -0.05) is 64.5 Å². The molecule has 2 heterocycles. The van der Waals surface area contributed by atoms with Crippen LogP contribution in [0, 0.1) is 0 Å². The summed E-state index contributed by atoms with van der Waals surface area (Å²) >= 11 is 4.78. The van der Waals surface area contributed by atoms with Gasteiger partial charge >= 0.3 is 0 Å². The Hall–Kier alpha value is -3.92. The molecule has 0 spiro atoms. The van der Waals surface area contributed by atoms with Crippen LogP contribution in [0.2, 0.25) is 0 Å². The number of benzene rings is 4. The van der Waals surface area contributed by atoms with Crippen molar-refractivity contribution in [3.8, 4) is 5.75 Å². The number of halogens is 1. The molecule has 0 saturated carbocycles. The molecule has 2 fully saturated rings. The van der Waals surface area contributed by atoms with Gasteiger partial charge in [0.05, 0.1) is 23.8 Å². The molecule has 2 saturated heterocycles. The maximum atomic E-state index is 13.4. The van der Waals surface area contributed by atoms with Crippen LogP contribution in [0.15, 0.2) is 99.3 Å². The summed E-state index contributed by atoms with van der Waals surface area (Å²) in [5.41, 5.74) is 3.06. The maximum absolute atomic E-state index is 13.4. The minimum Gasteiger partial charge on any atom is -0.488 e. The Kier molecular flexibility index (Phi) is 8.41. The number of carbonyl (C=O) groups excluding carboxylic acids is 2. The van der Waals surface area contributed by atoms with Crippen LogP contribution in [-0.4, -0.2) is 60.1 Å². The van der Waals surface area contributed by atoms with Gasteiger partial charge in [0.2, 0.25) is 0 Å². The van der Waals surface area contributed by atoms with Crippen molar-refractivity contribution in [1.29, 1.82) is 0 Å². The smallest absolute Gasteiger partial charge is 0.266 e. The highest BCUT2D eigenvalue weighted by molar-refractivity contribution is 9.10. The van der Waals surface area contributed by atoms with Gasteiger partial charge in [0.15, 0.2) is 5.17 Å². The second kappa shape index (κ2) is 12.5. The molecule has 0 radical (unpaired) electrons. The van der Waals surface area contributed by atoms with Crippen LogP contribution in [-0.2, 0) is 16.1 Å². The van der Waals surface area contributed by atoms with Gasteiger partial charge in [0, 0.05) is 35.7 Å². The van der Waals surface area contributed by atoms with Crippen LogP contribution in [0.3, 0.4) is 0 Å². The molecule has 2 amide bonds. The van der Waals surface area contributed by atoms with Crippen molar-refractivity contribution in [3.63, 3.8) is 0 Å². The number of likely N-dealkylation sites (N-methyl/N-ethyl adjacent to an activating group) is 1. The van der Waals surface area contributed by atoms with Crippen molar-refractivity contribution >= 4 is 67.2 Å². The number of aliphatic imine (C=N–C) groups is 1. The molecular formula is C33H28BrN3O4S. The van der Waals surface area contributed by atoms with E-state index >= 15 is 0 Å². The average molecular weight is 643 g/mol. The summed E-state index contributed by atoms with van der Waals surface area (Å²) < 4.78 is 12.7. The van der Waals surface area contributed by atoms with Gasteiger partial charge < -0.3 is 14.4 Å². The Morgan fingerprint density at radius 1 is 1.02 bits per heavy atom. The molecule has 0 aliphatic carbocycles. The first-order valence-corrected chi connectivity index (χ1v) is 15.2. The summed E-state index contributed by atoms with van der Waals surface area (Å²) in [6, 6.07) is 27.3. The summed E-state index contributed by atoms with van der Waals surface area (Å²) in [4.78, 5) is 35.0. The Morgan fingerprint density at radius 2 is 1.81 bits per heavy atom. The number of nitrogens with zero attached hydrogens (tertiary/aromatic N) is 3. The highest BCUT2D eigenvalue weighted by Gasteiger charge is 2.31. The van der Waals surface area contributed by atoms with Crippen LogP contribution < -0.4 is 4.74 Å². The molecule has 0 N–H and O–H groups in total. The largest absolute Gasteiger partial charge is 0.488 e. The van der Waals surface area contributed by atoms with E-state index in [1.165, 1.54) is 11.8 Å². The highest BCUT2D eigenvalue weighted by Crippen LogP contribution is 2.37. The fourth-order valence-electron chi connectivity index (χ4n) is 4.84. The van der Waals surface area contributed by atoms with Gasteiger partial charge in [-0.2, -0.15) is 0 Å². The molecule has 0 bridgehead atoms. The Bertz CT molecular complexity index is 1710. The SMILES string of the molecule is CN1C(=O)/C(=C\c2c(OCc3ccc(Br)cc3)ccc3ccccc23)SC1=Nc1cccc(C(=O)N2CCOCC2)c1. The van der Waals surface area contributed by atoms with Crippen LogP contribution in [0.25, 0.3) is 16.8 Å². The molecule has 4 aromatic rings. The maximum Gasteiger partial charge on any atom is 0.266 e. The van der Waals surface area contributed by atoms with Crippen LogP contribution in [0.1, 0.15) is 21.5 Å². The van der Waals surface area contributed by atoms with Crippen LogP contribution in [0.5, 0.6) is 5.75 Å². The third kappa shape index (κ3) is 6.13. The van der Waals surface area contributed by atoms with E-state index in [9.17, 15) is 9.59 Å². The zero-order valence-electron chi connectivity index (χ0n) is 23.0. The van der Waals surface area contributed by atoms with E-state index in [2.05, 4.69) is 15.9 Å². The summed E-state index contributed by atoms with van der Waals surface area (Å²) in [7, 11) is 1.71. The van der Waals surface area contributed by atoms with E-state index in [1.54, 1.807) is 29.0 Å². The summed E-state index contributed by atoms with van der Waals surface area (Å²) in [5.74, 6) is 0.502. The third-order valence-electron chi connectivity index (χ3n) is 7.13. The number of morpholine rings is 1. The van der Waals surface area contributed by atoms with Gasteiger partial charge in [-0.15, -0.1) is 0 Å². The van der Waals surface area contributed by atoms with Gasteiger partial charge in [-0.3, -0.25) is 14.5 Å². The van der Waals surface area contributed by atoms with Crippen molar-refractivity contribution in [1.82, 2.24) is 9.80 Å². The Morgan fingerprint density at radius 3 is 2.62 bits per heavy atom. The summed E-state index contributed by atoms with van der Waals surface area (Å²) in [6.45, 7) is 2.62. The number of hydrogen-bond donors (Lipinski definition) is 0. The molecule has 42 heavy (non-hydrogen) atoms. The first-order valence-electron chi connectivity index (χ1n) is 13.6. The normalized spacial score (nSPS) is 17.4. The Labute approximate surface area is 256 Å². The van der Waals surface area contributed by atoms with E-state index in [4.69, 9.17) is 14.5 Å². The summed E-state index contributed by atoms with van der Waals surface area (Å²) in [6.07, 6.45) is 1.89. The van der Waals surface area contributed by atoms with E-state index in [-0.39, 0.29) is 11.8 Å². The second-order valence-electron chi connectivity index (χ2n) is 9.94. The zero-order valence-corrected chi connectivity index (χ0v) is 25.4. The fourth-order valence-corrected chi connectivity index (χ4v) is 6.08. The van der Waals surface area contributed by atoms with Crippen molar-refractivity contribution in [3.05, 3.63) is 111 Å². The molecule has 4 aromatic carbocycles. The van der Waals surface area contributed by atoms with E-state index in [0.717, 1.165) is 26.4 Å². The number of rotatable bonds is 6. The number of thioether (sulfide) groups is 1. The molecule has 0 atom stereocenters. The van der Waals surface area contributed by atoms with E-state index in [1.807, 2.05) is 78.9 Å². The van der Waals surface area contributed by atoms with Crippen LogP contribution in [0.4, 0.5) is 5.69 Å². The number of hydrogen-bond acceptors (Lipinski definition) is 6. The lowest BCUT2D eigenvalue weighted by atomic mass is 10.0. The molecule has 6 rings (SSSR count). The van der Waals surface area contributed by atoms with E-state index in [0.29, 0.717) is 60.0 Å². The van der Waals surface area contributed by atoms with Crippen molar-refractivity contribution in [2.45, 2.75) is 6.61 Å². The van der Waals surface area contributed by atoms with E-state index < -0.39 is 0 Å². The lowest BCUT2D eigenvalue weighted by Crippen LogP contribution is -2.40. The molecular weight excluding hydrogens is 614 g/mol. The third-order valence-corrected chi connectivity index (χ3v) is 8.72. The number of fused-ring (bicyclic) bond motifs is 1. The minimum absolute atomic E-state index is 0.0453. The highest BCUT2D eigenvalue weighted by atomic mass is 79.9. The number of ether oxygens (including phenoxy) is 2. The molecule has 2 aliphatic rings. The number of carbonyl (C=O) groups is 2. The van der Waals surface area contributed by atoms with Crippen molar-refractivity contribution in [2.75, 3.05) is 33.4 Å². The molecule has 0 unspecified atom stereocenters. The molecule has 0 aromatic heterocycles. The van der Waals surface area contributed by atoms with Gasteiger partial charge in [-0.05, 0) is 70.6 Å². The Balaban J connectivity index is 1.29. The first-order chi connectivity index (χ1) is 20.5. The summed E-state index contributed by atoms with van der Waals surface area (Å²) in [5, 5.41) is 2.59. The number of amides is 2. The van der Waals surface area contributed by atoms with Gasteiger partial charge in [0.1, 0.15) is 12.4 Å². The molecule has 2 aliphatic heterocycles. The molecule has 212 valence electrons. The molecule has 9 heteroatoms. The molecule has 7 nitrogen and oxygen atoms in total. The van der Waals surface area contributed by atoms with Crippen LogP contribution >= 0.6 is 27.7 Å². The zero-order chi connectivity index (χ0) is 29.1. The predicted octanol–water partition coefficient (Wildman–Crippen LogP) is 6.89. The lowest BCUT2D eigenvalue weighted by Gasteiger charge is -2.26. The number of amidine groups is 1.